The summed E-state index contributed by atoms with van der Waals surface area (Å²) in [6, 6.07) is 8.12. The number of nitrogens with zero attached hydrogens (tertiary/aromatic N) is 1. The second kappa shape index (κ2) is 3.27. The average Bonchev–Trinajstić information content (AvgIpc) is 2.83. The van der Waals surface area contributed by atoms with Crippen molar-refractivity contribution in [3.8, 4) is 0 Å². The summed E-state index contributed by atoms with van der Waals surface area (Å²) >= 11 is 1.76. The highest BCUT2D eigenvalue weighted by Crippen LogP contribution is 2.41. The van der Waals surface area contributed by atoms with Crippen molar-refractivity contribution in [2.45, 2.75) is 10.8 Å². The number of fused-ring (bicyclic) bond motifs is 1. The number of hydrogen-bond donors (Lipinski definition) is 1. The number of aromatic nitrogens is 2. The fraction of sp³-hybridized carbons (Fsp3) is 0.200. The molecule has 2 heterocycles. The molecule has 0 bridgehead atoms. The maximum absolute atomic E-state index is 10.9. The van der Waals surface area contributed by atoms with Gasteiger partial charge in [-0.25, -0.2) is 9.89 Å². The summed E-state index contributed by atoms with van der Waals surface area (Å²) in [4.78, 5) is 12.1. The van der Waals surface area contributed by atoms with Crippen LogP contribution in [0.3, 0.4) is 0 Å². The largest absolute Gasteiger partial charge is 0.434 e. The number of nitrogens with one attached hydrogen (secondary N) is 1. The van der Waals surface area contributed by atoms with Crippen LogP contribution in [0.25, 0.3) is 0 Å². The van der Waals surface area contributed by atoms with Crippen molar-refractivity contribution in [1.82, 2.24) is 10.2 Å². The molecule has 1 atom stereocenters. The summed E-state index contributed by atoms with van der Waals surface area (Å²) in [7, 11) is 0. The molecule has 1 N–H and O–H groups in total. The van der Waals surface area contributed by atoms with Crippen LogP contribution in [0.15, 0.2) is 38.4 Å². The summed E-state index contributed by atoms with van der Waals surface area (Å²) in [6.45, 7) is 0. The van der Waals surface area contributed by atoms with Crippen LogP contribution in [-0.4, -0.2) is 16.0 Å². The highest BCUT2D eigenvalue weighted by Gasteiger charge is 2.28. The van der Waals surface area contributed by atoms with Crippen molar-refractivity contribution in [2.75, 3.05) is 5.75 Å². The monoisotopic (exact) mass is 220 g/mol. The molecule has 1 unspecified atom stereocenters. The number of H-pyrrole nitrogens is 1. The van der Waals surface area contributed by atoms with Gasteiger partial charge in [-0.1, -0.05) is 18.2 Å². The number of rotatable bonds is 1. The van der Waals surface area contributed by atoms with Gasteiger partial charge in [-0.2, -0.15) is 0 Å². The zero-order valence-corrected chi connectivity index (χ0v) is 8.58. The third-order valence-corrected chi connectivity index (χ3v) is 3.64. The first-order valence-electron chi connectivity index (χ1n) is 4.62. The SMILES string of the molecule is O=c1[nH]nc(C2CSc3ccccc32)o1. The predicted molar refractivity (Wildman–Crippen MR) is 56.1 cm³/mol. The summed E-state index contributed by atoms with van der Waals surface area (Å²) < 4.78 is 4.99. The lowest BCUT2D eigenvalue weighted by molar-refractivity contribution is 0.452. The summed E-state index contributed by atoms with van der Waals surface area (Å²) in [5.41, 5.74) is 1.19. The molecule has 2 aromatic rings. The van der Waals surface area contributed by atoms with E-state index in [1.807, 2.05) is 12.1 Å². The molecule has 0 aliphatic carbocycles. The van der Waals surface area contributed by atoms with Gasteiger partial charge in [-0.05, 0) is 11.6 Å². The van der Waals surface area contributed by atoms with E-state index < -0.39 is 5.76 Å². The Hall–Kier alpha value is -1.49. The molecule has 15 heavy (non-hydrogen) atoms. The second-order valence-electron chi connectivity index (χ2n) is 3.35. The third kappa shape index (κ3) is 1.39. The lowest BCUT2D eigenvalue weighted by Gasteiger charge is -2.03. The van der Waals surface area contributed by atoms with Gasteiger partial charge in [0.1, 0.15) is 0 Å². The van der Waals surface area contributed by atoms with Crippen molar-refractivity contribution >= 4 is 11.8 Å². The van der Waals surface area contributed by atoms with Crippen molar-refractivity contribution in [3.05, 3.63) is 46.3 Å². The standard InChI is InChI=1S/C10H8N2O2S/c13-10-12-11-9(14-10)7-5-15-8-4-2-1-3-6(7)8/h1-4,7H,5H2,(H,12,13). The molecule has 0 saturated carbocycles. The molecule has 0 fully saturated rings. The second-order valence-corrected chi connectivity index (χ2v) is 4.41. The van der Waals surface area contributed by atoms with Crippen LogP contribution in [0.1, 0.15) is 17.4 Å². The van der Waals surface area contributed by atoms with Crippen LogP contribution in [0.2, 0.25) is 0 Å². The Labute approximate surface area is 89.7 Å². The Morgan fingerprint density at radius 2 is 2.33 bits per heavy atom. The lowest BCUT2D eigenvalue weighted by Crippen LogP contribution is -1.99. The van der Waals surface area contributed by atoms with Crippen LogP contribution in [0.4, 0.5) is 0 Å². The predicted octanol–water partition coefficient (Wildman–Crippen LogP) is 1.60. The van der Waals surface area contributed by atoms with Gasteiger partial charge < -0.3 is 4.42 Å². The lowest BCUT2D eigenvalue weighted by atomic mass is 10.0. The Kier molecular flexibility index (Phi) is 1.92. The Morgan fingerprint density at radius 3 is 3.13 bits per heavy atom. The van der Waals surface area contributed by atoms with Crippen LogP contribution in [0, 0.1) is 0 Å². The minimum absolute atomic E-state index is 0.102. The van der Waals surface area contributed by atoms with Gasteiger partial charge >= 0.3 is 5.76 Å². The number of benzene rings is 1. The molecule has 1 aliphatic heterocycles. The van der Waals surface area contributed by atoms with E-state index in [1.54, 1.807) is 11.8 Å². The number of thioether (sulfide) groups is 1. The van der Waals surface area contributed by atoms with Crippen LogP contribution >= 0.6 is 11.8 Å². The molecule has 1 aromatic heterocycles. The molecule has 76 valence electrons. The molecule has 4 nitrogen and oxygen atoms in total. The molecule has 0 spiro atoms. The van der Waals surface area contributed by atoms with E-state index in [4.69, 9.17) is 4.42 Å². The zero-order chi connectivity index (χ0) is 10.3. The smallest absolute Gasteiger partial charge is 0.392 e. The van der Waals surface area contributed by atoms with Crippen molar-refractivity contribution in [3.63, 3.8) is 0 Å². The Bertz CT molecular complexity index is 546. The van der Waals surface area contributed by atoms with Gasteiger partial charge in [0.2, 0.25) is 5.89 Å². The van der Waals surface area contributed by atoms with Crippen molar-refractivity contribution < 1.29 is 4.42 Å². The van der Waals surface area contributed by atoms with Crippen molar-refractivity contribution in [1.29, 1.82) is 0 Å². The van der Waals surface area contributed by atoms with Gasteiger partial charge in [-0.3, -0.25) is 0 Å². The Morgan fingerprint density at radius 1 is 1.47 bits per heavy atom. The maximum Gasteiger partial charge on any atom is 0.434 e. The molecule has 1 aromatic carbocycles. The number of aromatic amines is 1. The van der Waals surface area contributed by atoms with Gasteiger partial charge in [-0.15, -0.1) is 16.9 Å². The van der Waals surface area contributed by atoms with Crippen LogP contribution in [-0.2, 0) is 0 Å². The quantitative estimate of drug-likeness (QED) is 0.793. The topological polar surface area (TPSA) is 58.9 Å². The molecular formula is C10H8N2O2S. The average molecular weight is 220 g/mol. The molecule has 0 amide bonds. The minimum Gasteiger partial charge on any atom is -0.392 e. The first-order chi connectivity index (χ1) is 7.34. The van der Waals surface area contributed by atoms with Gasteiger partial charge in [0, 0.05) is 10.6 Å². The van der Waals surface area contributed by atoms with E-state index in [1.165, 1.54) is 10.5 Å². The molecule has 0 saturated heterocycles. The molecule has 0 radical (unpaired) electrons. The van der Waals surface area contributed by atoms with Crippen molar-refractivity contribution in [2.24, 2.45) is 0 Å². The summed E-state index contributed by atoms with van der Waals surface area (Å²) in [5.74, 6) is 0.981. The normalized spacial score (nSPS) is 19.1. The molecule has 3 rings (SSSR count). The highest BCUT2D eigenvalue weighted by molar-refractivity contribution is 7.99. The van der Waals surface area contributed by atoms with E-state index in [0.717, 1.165) is 5.75 Å². The van der Waals surface area contributed by atoms with Gasteiger partial charge in [0.05, 0.1) is 5.92 Å². The first-order valence-corrected chi connectivity index (χ1v) is 5.60. The summed E-state index contributed by atoms with van der Waals surface area (Å²) in [6.07, 6.45) is 0. The van der Waals surface area contributed by atoms with Gasteiger partial charge in [0.25, 0.3) is 0 Å². The molecular weight excluding hydrogens is 212 g/mol. The Balaban J connectivity index is 2.07. The van der Waals surface area contributed by atoms with E-state index in [9.17, 15) is 4.79 Å². The number of hydrogen-bond acceptors (Lipinski definition) is 4. The van der Waals surface area contributed by atoms with E-state index in [-0.39, 0.29) is 5.92 Å². The molecule has 1 aliphatic rings. The molecule has 5 heteroatoms. The van der Waals surface area contributed by atoms with E-state index >= 15 is 0 Å². The third-order valence-electron chi connectivity index (χ3n) is 2.45. The van der Waals surface area contributed by atoms with E-state index in [2.05, 4.69) is 22.3 Å². The van der Waals surface area contributed by atoms with Gasteiger partial charge in [0.15, 0.2) is 0 Å². The first kappa shape index (κ1) is 8.79. The van der Waals surface area contributed by atoms with Crippen LogP contribution < -0.4 is 5.76 Å². The van der Waals surface area contributed by atoms with E-state index in [0.29, 0.717) is 5.89 Å². The van der Waals surface area contributed by atoms with Crippen LogP contribution in [0.5, 0.6) is 0 Å². The fourth-order valence-corrected chi connectivity index (χ4v) is 2.98. The maximum atomic E-state index is 10.9. The minimum atomic E-state index is -0.487. The highest BCUT2D eigenvalue weighted by atomic mass is 32.2. The summed E-state index contributed by atoms with van der Waals surface area (Å²) in [5, 5.41) is 6.17. The zero-order valence-electron chi connectivity index (χ0n) is 7.77. The fourth-order valence-electron chi connectivity index (χ4n) is 1.76.